The molecule has 0 amide bonds. The number of aromatic nitrogens is 1. The molecule has 98 valence electrons. The molecule has 0 aliphatic rings. The second kappa shape index (κ2) is 4.72. The highest BCUT2D eigenvalue weighted by molar-refractivity contribution is 5.88. The van der Waals surface area contributed by atoms with E-state index in [4.69, 9.17) is 5.11 Å². The zero-order valence-electron chi connectivity index (χ0n) is 9.48. The second-order valence-electron chi connectivity index (χ2n) is 3.76. The van der Waals surface area contributed by atoms with Crippen LogP contribution >= 0.6 is 0 Å². The van der Waals surface area contributed by atoms with Gasteiger partial charge in [0, 0.05) is 5.56 Å². The SMILES string of the molecule is O=C(O)c1nc(-c2ccccc2)ccc1C(F)(F)F. The monoisotopic (exact) mass is 267 g/mol. The van der Waals surface area contributed by atoms with E-state index in [0.29, 0.717) is 5.56 Å². The van der Waals surface area contributed by atoms with Crippen LogP contribution in [0.1, 0.15) is 16.1 Å². The summed E-state index contributed by atoms with van der Waals surface area (Å²) < 4.78 is 37.9. The number of hydrogen-bond acceptors (Lipinski definition) is 2. The van der Waals surface area contributed by atoms with E-state index in [0.717, 1.165) is 12.1 Å². The number of benzene rings is 1. The van der Waals surface area contributed by atoms with Gasteiger partial charge in [-0.05, 0) is 12.1 Å². The van der Waals surface area contributed by atoms with Gasteiger partial charge in [-0.2, -0.15) is 13.2 Å². The summed E-state index contributed by atoms with van der Waals surface area (Å²) in [6.45, 7) is 0. The molecule has 1 N–H and O–H groups in total. The molecule has 1 aromatic heterocycles. The van der Waals surface area contributed by atoms with E-state index in [-0.39, 0.29) is 5.69 Å². The number of carboxylic acid groups (broad SMARTS) is 1. The molecule has 0 bridgehead atoms. The Bertz CT molecular complexity index is 609. The van der Waals surface area contributed by atoms with E-state index >= 15 is 0 Å². The number of hydrogen-bond donors (Lipinski definition) is 1. The molecule has 0 saturated heterocycles. The molecule has 0 atom stereocenters. The normalized spacial score (nSPS) is 11.3. The molecule has 2 rings (SSSR count). The maximum absolute atomic E-state index is 12.6. The third-order valence-corrected chi connectivity index (χ3v) is 2.47. The first-order valence-electron chi connectivity index (χ1n) is 5.26. The van der Waals surface area contributed by atoms with Crippen molar-refractivity contribution in [3.8, 4) is 11.3 Å². The van der Waals surface area contributed by atoms with Crippen LogP contribution in [0.5, 0.6) is 0 Å². The number of aromatic carboxylic acids is 1. The molecular weight excluding hydrogens is 259 g/mol. The van der Waals surface area contributed by atoms with Gasteiger partial charge in [-0.25, -0.2) is 9.78 Å². The van der Waals surface area contributed by atoms with Crippen LogP contribution in [0.25, 0.3) is 11.3 Å². The molecule has 6 heteroatoms. The molecule has 3 nitrogen and oxygen atoms in total. The topological polar surface area (TPSA) is 50.2 Å². The predicted octanol–water partition coefficient (Wildman–Crippen LogP) is 3.47. The smallest absolute Gasteiger partial charge is 0.418 e. The van der Waals surface area contributed by atoms with Gasteiger partial charge in [0.15, 0.2) is 5.69 Å². The van der Waals surface area contributed by atoms with Gasteiger partial charge in [-0.3, -0.25) is 0 Å². The third-order valence-electron chi connectivity index (χ3n) is 2.47. The quantitative estimate of drug-likeness (QED) is 0.906. The molecule has 0 spiro atoms. The number of nitrogens with zero attached hydrogens (tertiary/aromatic N) is 1. The van der Waals surface area contributed by atoms with Gasteiger partial charge in [0.25, 0.3) is 0 Å². The minimum absolute atomic E-state index is 0.186. The number of carboxylic acids is 1. The minimum atomic E-state index is -4.74. The molecule has 0 radical (unpaired) electrons. The van der Waals surface area contributed by atoms with E-state index in [9.17, 15) is 18.0 Å². The van der Waals surface area contributed by atoms with Gasteiger partial charge in [-0.1, -0.05) is 30.3 Å². The van der Waals surface area contributed by atoms with Crippen molar-refractivity contribution < 1.29 is 23.1 Å². The first kappa shape index (κ1) is 13.1. The van der Waals surface area contributed by atoms with Crippen LogP contribution in [-0.2, 0) is 6.18 Å². The average molecular weight is 267 g/mol. The van der Waals surface area contributed by atoms with Gasteiger partial charge in [0.1, 0.15) is 0 Å². The van der Waals surface area contributed by atoms with E-state index < -0.39 is 23.4 Å². The number of halogens is 3. The average Bonchev–Trinajstić information content (AvgIpc) is 2.38. The fourth-order valence-electron chi connectivity index (χ4n) is 1.62. The Balaban J connectivity index is 2.58. The summed E-state index contributed by atoms with van der Waals surface area (Å²) in [5.41, 5.74) is -1.50. The lowest BCUT2D eigenvalue weighted by molar-refractivity contribution is -0.138. The molecule has 0 saturated carbocycles. The number of alkyl halides is 3. The predicted molar refractivity (Wildman–Crippen MR) is 61.6 cm³/mol. The van der Waals surface area contributed by atoms with Crippen molar-refractivity contribution in [3.05, 3.63) is 53.7 Å². The zero-order valence-corrected chi connectivity index (χ0v) is 9.48. The van der Waals surface area contributed by atoms with Gasteiger partial charge in [0.2, 0.25) is 0 Å². The van der Waals surface area contributed by atoms with E-state index in [1.165, 1.54) is 0 Å². The van der Waals surface area contributed by atoms with Crippen LogP contribution in [0.3, 0.4) is 0 Å². The number of rotatable bonds is 2. The maximum atomic E-state index is 12.6. The lowest BCUT2D eigenvalue weighted by Crippen LogP contribution is -2.15. The van der Waals surface area contributed by atoms with Crippen LogP contribution in [0.4, 0.5) is 13.2 Å². The van der Waals surface area contributed by atoms with Crippen molar-refractivity contribution in [3.63, 3.8) is 0 Å². The van der Waals surface area contributed by atoms with Crippen molar-refractivity contribution in [1.82, 2.24) is 4.98 Å². The summed E-state index contributed by atoms with van der Waals surface area (Å²) in [7, 11) is 0. The second-order valence-corrected chi connectivity index (χ2v) is 3.76. The van der Waals surface area contributed by atoms with Gasteiger partial charge in [0.05, 0.1) is 11.3 Å². The Morgan fingerprint density at radius 3 is 2.21 bits per heavy atom. The summed E-state index contributed by atoms with van der Waals surface area (Å²) in [6.07, 6.45) is -4.74. The lowest BCUT2D eigenvalue weighted by Gasteiger charge is -2.10. The van der Waals surface area contributed by atoms with Gasteiger partial charge in [-0.15, -0.1) is 0 Å². The van der Waals surface area contributed by atoms with Gasteiger partial charge < -0.3 is 5.11 Å². The Morgan fingerprint density at radius 2 is 1.68 bits per heavy atom. The van der Waals surface area contributed by atoms with Crippen molar-refractivity contribution in [2.24, 2.45) is 0 Å². The first-order valence-corrected chi connectivity index (χ1v) is 5.26. The van der Waals surface area contributed by atoms with Crippen molar-refractivity contribution in [2.45, 2.75) is 6.18 Å². The van der Waals surface area contributed by atoms with Crippen molar-refractivity contribution in [1.29, 1.82) is 0 Å². The molecule has 0 unspecified atom stereocenters. The largest absolute Gasteiger partial charge is 0.476 e. The Kier molecular flexibility index (Phi) is 3.25. The van der Waals surface area contributed by atoms with Crippen molar-refractivity contribution >= 4 is 5.97 Å². The van der Waals surface area contributed by atoms with Crippen molar-refractivity contribution in [2.75, 3.05) is 0 Å². The highest BCUT2D eigenvalue weighted by Gasteiger charge is 2.36. The van der Waals surface area contributed by atoms with Crippen LogP contribution in [0.15, 0.2) is 42.5 Å². The standard InChI is InChI=1S/C13H8F3NO2/c14-13(15,16)9-6-7-10(17-11(9)12(18)19)8-4-2-1-3-5-8/h1-7H,(H,18,19). The third kappa shape index (κ3) is 2.73. The highest BCUT2D eigenvalue weighted by atomic mass is 19.4. The van der Waals surface area contributed by atoms with Gasteiger partial charge >= 0.3 is 12.1 Å². The van der Waals surface area contributed by atoms with E-state index in [1.807, 2.05) is 0 Å². The Morgan fingerprint density at radius 1 is 1.05 bits per heavy atom. The number of pyridine rings is 1. The molecule has 0 aliphatic carbocycles. The molecule has 2 aromatic rings. The summed E-state index contributed by atoms with van der Waals surface area (Å²) in [5, 5.41) is 8.84. The number of carbonyl (C=O) groups is 1. The van der Waals surface area contributed by atoms with Crippen LogP contribution in [0.2, 0.25) is 0 Å². The molecule has 0 aliphatic heterocycles. The Hall–Kier alpha value is -2.37. The molecule has 1 aromatic carbocycles. The minimum Gasteiger partial charge on any atom is -0.476 e. The Labute approximate surface area is 106 Å². The fraction of sp³-hybridized carbons (Fsp3) is 0.0769. The summed E-state index contributed by atoms with van der Waals surface area (Å²) >= 11 is 0. The van der Waals surface area contributed by atoms with Crippen LogP contribution < -0.4 is 0 Å². The molecule has 1 heterocycles. The molecule has 0 fully saturated rings. The lowest BCUT2D eigenvalue weighted by atomic mass is 10.1. The van der Waals surface area contributed by atoms with E-state index in [1.54, 1.807) is 30.3 Å². The molecular formula is C13H8F3NO2. The zero-order chi connectivity index (χ0) is 14.0. The highest BCUT2D eigenvalue weighted by Crippen LogP contribution is 2.32. The van der Waals surface area contributed by atoms with E-state index in [2.05, 4.69) is 4.98 Å². The summed E-state index contributed by atoms with van der Waals surface area (Å²) in [4.78, 5) is 14.5. The first-order chi connectivity index (χ1) is 8.89. The summed E-state index contributed by atoms with van der Waals surface area (Å²) in [5.74, 6) is -1.70. The molecule has 19 heavy (non-hydrogen) atoms. The van der Waals surface area contributed by atoms with Crippen LogP contribution in [-0.4, -0.2) is 16.1 Å². The maximum Gasteiger partial charge on any atom is 0.418 e. The summed E-state index contributed by atoms with van der Waals surface area (Å²) in [6, 6.07) is 10.3. The fourth-order valence-corrected chi connectivity index (χ4v) is 1.62. The van der Waals surface area contributed by atoms with Crippen LogP contribution in [0, 0.1) is 0 Å².